The second-order valence-corrected chi connectivity index (χ2v) is 7.98. The second kappa shape index (κ2) is 9.00. The van der Waals surface area contributed by atoms with Crippen molar-refractivity contribution in [1.82, 2.24) is 9.97 Å². The Kier molecular flexibility index (Phi) is 6.31. The van der Waals surface area contributed by atoms with Gasteiger partial charge in [0.1, 0.15) is 11.3 Å². The molecule has 4 rings (SSSR count). The Hall–Kier alpha value is -2.77. The maximum atomic E-state index is 13.8. The molecule has 32 heavy (non-hydrogen) atoms. The fraction of sp³-hybridized carbons (Fsp3) is 0.292. The summed E-state index contributed by atoms with van der Waals surface area (Å²) in [5.74, 6) is 0.631. The molecule has 0 spiro atoms. The summed E-state index contributed by atoms with van der Waals surface area (Å²) >= 11 is 6.11. The number of pyridine rings is 1. The predicted octanol–water partition coefficient (Wildman–Crippen LogP) is 6.74. The first kappa shape index (κ1) is 22.4. The summed E-state index contributed by atoms with van der Waals surface area (Å²) in [5.41, 5.74) is 7.75. The first-order valence-electron chi connectivity index (χ1n) is 10.5. The molecular weight excluding hydrogens is 439 g/mol. The second-order valence-electron chi connectivity index (χ2n) is 7.54. The number of aromatic nitrogens is 2. The van der Waals surface area contributed by atoms with Crippen molar-refractivity contribution in [3.8, 4) is 17.0 Å². The highest BCUT2D eigenvalue weighted by Crippen LogP contribution is 2.43. The highest BCUT2D eigenvalue weighted by molar-refractivity contribution is 6.31. The average Bonchev–Trinajstić information content (AvgIpc) is 3.11. The number of nitrogens with zero attached hydrogens (tertiary/aromatic N) is 1. The van der Waals surface area contributed by atoms with Gasteiger partial charge >= 0.3 is 6.18 Å². The number of rotatable bonds is 7. The van der Waals surface area contributed by atoms with Crippen LogP contribution in [0.3, 0.4) is 0 Å². The molecule has 2 heterocycles. The van der Waals surface area contributed by atoms with Crippen LogP contribution in [0, 0.1) is 0 Å². The zero-order valence-corrected chi connectivity index (χ0v) is 18.3. The SMILES string of the molecule is CCOc1ccc(-c2[nH]c3c(C(F)(F)F)cc(Cl)cc3c2CCCCN)c2cccnc12. The number of ether oxygens (including phenoxy) is 1. The maximum absolute atomic E-state index is 13.8. The average molecular weight is 462 g/mol. The first-order valence-corrected chi connectivity index (χ1v) is 10.8. The Morgan fingerprint density at radius 1 is 1.12 bits per heavy atom. The first-order chi connectivity index (χ1) is 15.3. The van der Waals surface area contributed by atoms with Gasteiger partial charge in [-0.2, -0.15) is 13.2 Å². The Morgan fingerprint density at radius 3 is 2.66 bits per heavy atom. The zero-order valence-electron chi connectivity index (χ0n) is 17.5. The summed E-state index contributed by atoms with van der Waals surface area (Å²) in [7, 11) is 0. The number of aryl methyl sites for hydroxylation is 1. The third kappa shape index (κ3) is 4.14. The van der Waals surface area contributed by atoms with Gasteiger partial charge in [0.05, 0.1) is 23.4 Å². The third-order valence-electron chi connectivity index (χ3n) is 5.47. The molecule has 0 aliphatic heterocycles. The molecule has 0 aliphatic carbocycles. The number of alkyl halides is 3. The number of nitrogens with one attached hydrogen (secondary N) is 1. The van der Waals surface area contributed by atoms with Crippen molar-refractivity contribution in [2.75, 3.05) is 13.2 Å². The van der Waals surface area contributed by atoms with Gasteiger partial charge in [0.2, 0.25) is 0 Å². The minimum Gasteiger partial charge on any atom is -0.492 e. The number of hydrogen-bond donors (Lipinski definition) is 2. The minimum absolute atomic E-state index is 0.0329. The van der Waals surface area contributed by atoms with Crippen molar-refractivity contribution in [1.29, 1.82) is 0 Å². The summed E-state index contributed by atoms with van der Waals surface area (Å²) < 4.78 is 47.2. The molecule has 4 nitrogen and oxygen atoms in total. The largest absolute Gasteiger partial charge is 0.492 e. The van der Waals surface area contributed by atoms with Gasteiger partial charge in [0, 0.05) is 27.6 Å². The van der Waals surface area contributed by atoms with Crippen LogP contribution in [0.2, 0.25) is 5.02 Å². The van der Waals surface area contributed by atoms with Gasteiger partial charge in [-0.3, -0.25) is 4.98 Å². The van der Waals surface area contributed by atoms with E-state index in [2.05, 4.69) is 9.97 Å². The fourth-order valence-corrected chi connectivity index (χ4v) is 4.33. The van der Waals surface area contributed by atoms with Gasteiger partial charge in [0.15, 0.2) is 0 Å². The molecule has 0 saturated heterocycles. The highest BCUT2D eigenvalue weighted by Gasteiger charge is 2.35. The Labute approximate surface area is 188 Å². The molecule has 0 radical (unpaired) electrons. The number of benzene rings is 2. The van der Waals surface area contributed by atoms with E-state index >= 15 is 0 Å². The van der Waals surface area contributed by atoms with Crippen LogP contribution >= 0.6 is 11.6 Å². The van der Waals surface area contributed by atoms with E-state index in [0.29, 0.717) is 41.9 Å². The molecule has 2 aromatic carbocycles. The fourth-order valence-electron chi connectivity index (χ4n) is 4.11. The third-order valence-corrected chi connectivity index (χ3v) is 5.69. The number of fused-ring (bicyclic) bond motifs is 2. The van der Waals surface area contributed by atoms with Crippen molar-refractivity contribution in [3.05, 3.63) is 58.7 Å². The van der Waals surface area contributed by atoms with Crippen molar-refractivity contribution in [3.63, 3.8) is 0 Å². The van der Waals surface area contributed by atoms with Gasteiger partial charge in [0.25, 0.3) is 0 Å². The summed E-state index contributed by atoms with van der Waals surface area (Å²) in [6.45, 7) is 2.88. The Bertz CT molecular complexity index is 1270. The molecule has 0 atom stereocenters. The van der Waals surface area contributed by atoms with Crippen molar-refractivity contribution in [2.45, 2.75) is 32.4 Å². The van der Waals surface area contributed by atoms with E-state index in [0.717, 1.165) is 35.4 Å². The number of unbranched alkanes of at least 4 members (excludes halogenated alkanes) is 1. The number of H-pyrrole nitrogens is 1. The molecule has 0 saturated carbocycles. The van der Waals surface area contributed by atoms with Crippen LogP contribution in [0.5, 0.6) is 5.75 Å². The summed E-state index contributed by atoms with van der Waals surface area (Å²) in [5, 5.41) is 1.32. The molecule has 168 valence electrons. The van der Waals surface area contributed by atoms with Crippen molar-refractivity contribution in [2.24, 2.45) is 5.73 Å². The number of hydrogen-bond acceptors (Lipinski definition) is 3. The predicted molar refractivity (Wildman–Crippen MR) is 122 cm³/mol. The van der Waals surface area contributed by atoms with E-state index in [1.807, 2.05) is 19.1 Å². The van der Waals surface area contributed by atoms with E-state index in [1.165, 1.54) is 0 Å². The lowest BCUT2D eigenvalue weighted by atomic mass is 9.97. The lowest BCUT2D eigenvalue weighted by Crippen LogP contribution is -2.05. The molecule has 0 unspecified atom stereocenters. The topological polar surface area (TPSA) is 63.9 Å². The number of aromatic amines is 1. The van der Waals surface area contributed by atoms with Crippen LogP contribution in [-0.2, 0) is 12.6 Å². The van der Waals surface area contributed by atoms with Crippen LogP contribution in [0.25, 0.3) is 33.1 Å². The smallest absolute Gasteiger partial charge is 0.418 e. The monoisotopic (exact) mass is 461 g/mol. The maximum Gasteiger partial charge on any atom is 0.418 e. The molecule has 0 amide bonds. The van der Waals surface area contributed by atoms with Crippen LogP contribution in [0.4, 0.5) is 13.2 Å². The van der Waals surface area contributed by atoms with E-state index in [-0.39, 0.29) is 10.5 Å². The van der Waals surface area contributed by atoms with Crippen LogP contribution in [0.1, 0.15) is 30.9 Å². The lowest BCUT2D eigenvalue weighted by Gasteiger charge is -2.12. The molecular formula is C24H23ClF3N3O. The van der Waals surface area contributed by atoms with Crippen LogP contribution < -0.4 is 10.5 Å². The molecule has 3 N–H and O–H groups in total. The molecule has 0 fully saturated rings. The lowest BCUT2D eigenvalue weighted by molar-refractivity contribution is -0.136. The van der Waals surface area contributed by atoms with E-state index in [1.54, 1.807) is 24.4 Å². The van der Waals surface area contributed by atoms with Gasteiger partial charge < -0.3 is 15.5 Å². The standard InChI is InChI=1S/C24H23ClF3N3O/c1-2-32-20-9-8-17(15-7-5-11-30-23(15)20)21-16(6-3-4-10-29)18-12-14(25)13-19(22(18)31-21)24(26,27)28/h5,7-9,11-13,31H,2-4,6,10,29H2,1H3. The minimum atomic E-state index is -4.54. The molecule has 8 heteroatoms. The van der Waals surface area contributed by atoms with Crippen molar-refractivity contribution >= 4 is 33.4 Å². The quantitative estimate of drug-likeness (QED) is 0.300. The zero-order chi connectivity index (χ0) is 22.9. The van der Waals surface area contributed by atoms with Gasteiger partial charge in [-0.1, -0.05) is 17.7 Å². The van der Waals surface area contributed by atoms with Gasteiger partial charge in [-0.25, -0.2) is 0 Å². The van der Waals surface area contributed by atoms with E-state index < -0.39 is 11.7 Å². The summed E-state index contributed by atoms with van der Waals surface area (Å²) in [4.78, 5) is 7.53. The van der Waals surface area contributed by atoms with Gasteiger partial charge in [-0.05, 0) is 68.6 Å². The number of halogens is 4. The van der Waals surface area contributed by atoms with Crippen molar-refractivity contribution < 1.29 is 17.9 Å². The summed E-state index contributed by atoms with van der Waals surface area (Å²) in [6.07, 6.45) is -0.785. The van der Waals surface area contributed by atoms with E-state index in [4.69, 9.17) is 22.1 Å². The van der Waals surface area contributed by atoms with Gasteiger partial charge in [-0.15, -0.1) is 0 Å². The molecule has 2 aromatic heterocycles. The van der Waals surface area contributed by atoms with E-state index in [9.17, 15) is 13.2 Å². The number of nitrogens with two attached hydrogens (primary N) is 1. The molecule has 0 aliphatic rings. The Balaban J connectivity index is 2.02. The molecule has 4 aromatic rings. The summed E-state index contributed by atoms with van der Waals surface area (Å²) in [6, 6.07) is 9.93. The highest BCUT2D eigenvalue weighted by atomic mass is 35.5. The Morgan fingerprint density at radius 2 is 1.94 bits per heavy atom. The van der Waals surface area contributed by atoms with Crippen LogP contribution in [-0.4, -0.2) is 23.1 Å². The normalized spacial score (nSPS) is 12.1. The molecule has 0 bridgehead atoms. The van der Waals surface area contributed by atoms with Crippen LogP contribution in [0.15, 0.2) is 42.6 Å².